The second-order valence-electron chi connectivity index (χ2n) is 10.0. The van der Waals surface area contributed by atoms with Gasteiger partial charge in [0, 0.05) is 16.3 Å². The molecule has 3 nitrogen and oxygen atoms in total. The van der Waals surface area contributed by atoms with E-state index in [0.717, 1.165) is 22.0 Å². The molecule has 0 spiro atoms. The van der Waals surface area contributed by atoms with Crippen molar-refractivity contribution in [1.29, 1.82) is 0 Å². The fourth-order valence-corrected chi connectivity index (χ4v) is 5.31. The van der Waals surface area contributed by atoms with E-state index in [4.69, 9.17) is 13.7 Å². The van der Waals surface area contributed by atoms with Crippen LogP contribution in [0.25, 0.3) is 55.0 Å². The number of hydrogen-bond donors (Lipinski definition) is 0. The van der Waals surface area contributed by atoms with Crippen molar-refractivity contribution in [3.8, 4) is 22.3 Å². The van der Waals surface area contributed by atoms with Gasteiger partial charge in [-0.05, 0) is 78.8 Å². The molecule has 0 radical (unpaired) electrons. The van der Waals surface area contributed by atoms with Gasteiger partial charge in [0.15, 0.2) is 0 Å². The first-order valence-corrected chi connectivity index (χ1v) is 11.2. The third kappa shape index (κ3) is 2.24. The number of furan rings is 1. The van der Waals surface area contributed by atoms with Gasteiger partial charge in [0.25, 0.3) is 0 Å². The lowest BCUT2D eigenvalue weighted by molar-refractivity contribution is 0.00578. The predicted octanol–water partition coefficient (Wildman–Crippen LogP) is 6.69. The minimum absolute atomic E-state index is 0.374. The predicted molar refractivity (Wildman–Crippen MR) is 131 cm³/mol. The largest absolute Gasteiger partial charge is 0.494 e. The van der Waals surface area contributed by atoms with E-state index in [-0.39, 0.29) is 11.2 Å². The van der Waals surface area contributed by atoms with E-state index in [1.165, 1.54) is 38.4 Å². The number of rotatable bonds is 1. The monoisotopic (exact) mass is 418 g/mol. The summed E-state index contributed by atoms with van der Waals surface area (Å²) in [5, 5.41) is 4.84. The van der Waals surface area contributed by atoms with Gasteiger partial charge in [-0.15, -0.1) is 0 Å². The molecule has 4 aromatic carbocycles. The molecule has 1 saturated heterocycles. The molecule has 1 fully saturated rings. The molecule has 32 heavy (non-hydrogen) atoms. The standard InChI is InChI=1S/C28H23BO3/c1-27(2)28(3,4)32-29(31-27)17-14-16-8-7-10-18-19-12-13-23-26(25(19)21(15-17)24(16)18)20-9-5-6-11-22(20)30-23/h5-15H,1-4H3. The Morgan fingerprint density at radius 3 is 2.25 bits per heavy atom. The molecule has 4 heteroatoms. The van der Waals surface area contributed by atoms with Gasteiger partial charge in [-0.1, -0.05) is 48.5 Å². The summed E-state index contributed by atoms with van der Waals surface area (Å²) in [7, 11) is -0.395. The molecule has 5 aromatic rings. The van der Waals surface area contributed by atoms with Crippen LogP contribution in [0.2, 0.25) is 0 Å². The molecule has 2 heterocycles. The average Bonchev–Trinajstić information content (AvgIpc) is 3.36. The molecule has 1 aromatic heterocycles. The Morgan fingerprint density at radius 2 is 1.44 bits per heavy atom. The highest BCUT2D eigenvalue weighted by Crippen LogP contribution is 2.51. The summed E-state index contributed by atoms with van der Waals surface area (Å²) in [5.74, 6) is 0. The normalized spacial score (nSPS) is 18.2. The van der Waals surface area contributed by atoms with E-state index in [1.807, 2.05) is 12.1 Å². The van der Waals surface area contributed by atoms with Crippen molar-refractivity contribution in [3.05, 3.63) is 66.7 Å². The van der Waals surface area contributed by atoms with Gasteiger partial charge in [0.05, 0.1) is 11.2 Å². The average molecular weight is 418 g/mol. The number of benzene rings is 4. The van der Waals surface area contributed by atoms with E-state index < -0.39 is 7.12 Å². The van der Waals surface area contributed by atoms with Crippen molar-refractivity contribution in [2.24, 2.45) is 0 Å². The summed E-state index contributed by atoms with van der Waals surface area (Å²) in [4.78, 5) is 0. The van der Waals surface area contributed by atoms with Gasteiger partial charge < -0.3 is 13.7 Å². The Morgan fingerprint density at radius 1 is 0.656 bits per heavy atom. The zero-order valence-electron chi connectivity index (χ0n) is 18.7. The highest BCUT2D eigenvalue weighted by Gasteiger charge is 2.52. The summed E-state index contributed by atoms with van der Waals surface area (Å²) in [6.45, 7) is 8.40. The van der Waals surface area contributed by atoms with Crippen LogP contribution >= 0.6 is 0 Å². The van der Waals surface area contributed by atoms with Crippen LogP contribution in [0.15, 0.2) is 71.1 Å². The summed E-state index contributed by atoms with van der Waals surface area (Å²) in [6, 6.07) is 23.6. The van der Waals surface area contributed by atoms with Crippen LogP contribution in [-0.2, 0) is 9.31 Å². The molecule has 0 amide bonds. The van der Waals surface area contributed by atoms with Gasteiger partial charge in [-0.3, -0.25) is 0 Å². The fraction of sp³-hybridized carbons (Fsp3) is 0.214. The lowest BCUT2D eigenvalue weighted by Gasteiger charge is -2.32. The molecule has 0 unspecified atom stereocenters. The van der Waals surface area contributed by atoms with Crippen molar-refractivity contribution in [2.75, 3.05) is 0 Å². The molecule has 1 aliphatic heterocycles. The highest BCUT2D eigenvalue weighted by molar-refractivity contribution is 6.62. The molecule has 0 atom stereocenters. The Bertz CT molecular complexity index is 1580. The fourth-order valence-electron chi connectivity index (χ4n) is 5.31. The Hall–Kier alpha value is -3.08. The first-order chi connectivity index (χ1) is 15.3. The summed E-state index contributed by atoms with van der Waals surface area (Å²) in [6.07, 6.45) is 0. The second kappa shape index (κ2) is 5.83. The second-order valence-corrected chi connectivity index (χ2v) is 10.0. The molecule has 2 aliphatic rings. The van der Waals surface area contributed by atoms with Crippen molar-refractivity contribution in [2.45, 2.75) is 38.9 Å². The van der Waals surface area contributed by atoms with Crippen LogP contribution in [0.4, 0.5) is 0 Å². The molecule has 0 N–H and O–H groups in total. The topological polar surface area (TPSA) is 31.6 Å². The molecule has 0 bridgehead atoms. The SMILES string of the molecule is CC1(C)OB(c2cc3c4c(cccc4c2)-c2ccc4oc5ccccc5c4c2-3)OC1(C)C. The zero-order chi connectivity index (χ0) is 21.8. The molecule has 1 aliphatic carbocycles. The van der Waals surface area contributed by atoms with Gasteiger partial charge in [-0.25, -0.2) is 0 Å². The Labute approximate surface area is 187 Å². The highest BCUT2D eigenvalue weighted by atomic mass is 16.7. The molecule has 0 saturated carbocycles. The van der Waals surface area contributed by atoms with Crippen LogP contribution in [-0.4, -0.2) is 18.3 Å². The van der Waals surface area contributed by atoms with Crippen LogP contribution in [0.1, 0.15) is 27.7 Å². The minimum atomic E-state index is -0.395. The lowest BCUT2D eigenvalue weighted by Crippen LogP contribution is -2.41. The Balaban J connectivity index is 1.54. The van der Waals surface area contributed by atoms with E-state index in [2.05, 4.69) is 82.3 Å². The van der Waals surface area contributed by atoms with Gasteiger partial charge in [-0.2, -0.15) is 0 Å². The number of fused-ring (bicyclic) bond motifs is 7. The van der Waals surface area contributed by atoms with E-state index in [1.54, 1.807) is 0 Å². The number of hydrogen-bond acceptors (Lipinski definition) is 3. The van der Waals surface area contributed by atoms with E-state index in [0.29, 0.717) is 0 Å². The van der Waals surface area contributed by atoms with Crippen LogP contribution in [0.3, 0.4) is 0 Å². The summed E-state index contributed by atoms with van der Waals surface area (Å²) < 4.78 is 19.0. The van der Waals surface area contributed by atoms with E-state index in [9.17, 15) is 0 Å². The molecule has 7 rings (SSSR count). The maximum Gasteiger partial charge on any atom is 0.494 e. The lowest BCUT2D eigenvalue weighted by atomic mass is 9.77. The van der Waals surface area contributed by atoms with Crippen LogP contribution in [0, 0.1) is 0 Å². The van der Waals surface area contributed by atoms with Crippen molar-refractivity contribution in [3.63, 3.8) is 0 Å². The van der Waals surface area contributed by atoms with Crippen molar-refractivity contribution < 1.29 is 13.7 Å². The molecular weight excluding hydrogens is 395 g/mol. The number of para-hydroxylation sites is 1. The maximum absolute atomic E-state index is 6.41. The third-order valence-electron chi connectivity index (χ3n) is 7.63. The van der Waals surface area contributed by atoms with E-state index >= 15 is 0 Å². The minimum Gasteiger partial charge on any atom is -0.456 e. The zero-order valence-corrected chi connectivity index (χ0v) is 18.7. The van der Waals surface area contributed by atoms with Crippen LogP contribution in [0.5, 0.6) is 0 Å². The maximum atomic E-state index is 6.41. The van der Waals surface area contributed by atoms with Crippen LogP contribution < -0.4 is 5.46 Å². The molecule has 156 valence electrons. The van der Waals surface area contributed by atoms with Gasteiger partial charge >= 0.3 is 7.12 Å². The van der Waals surface area contributed by atoms with Crippen molar-refractivity contribution in [1.82, 2.24) is 0 Å². The molecular formula is C28H23BO3. The first-order valence-electron chi connectivity index (χ1n) is 11.2. The quantitative estimate of drug-likeness (QED) is 0.279. The van der Waals surface area contributed by atoms with Gasteiger partial charge in [0.1, 0.15) is 11.2 Å². The van der Waals surface area contributed by atoms with Gasteiger partial charge in [0.2, 0.25) is 0 Å². The summed E-state index contributed by atoms with van der Waals surface area (Å²) >= 11 is 0. The first kappa shape index (κ1) is 18.5. The summed E-state index contributed by atoms with van der Waals surface area (Å²) in [5.41, 5.74) is 7.17. The van der Waals surface area contributed by atoms with Crippen molar-refractivity contribution >= 4 is 45.3 Å². The third-order valence-corrected chi connectivity index (χ3v) is 7.63. The smallest absolute Gasteiger partial charge is 0.456 e. The Kier molecular flexibility index (Phi) is 3.37.